The van der Waals surface area contributed by atoms with E-state index in [2.05, 4.69) is 12.2 Å². The summed E-state index contributed by atoms with van der Waals surface area (Å²) >= 11 is 0. The van der Waals surface area contributed by atoms with Crippen molar-refractivity contribution in [1.82, 2.24) is 5.32 Å². The molecule has 4 bridgehead atoms. The summed E-state index contributed by atoms with van der Waals surface area (Å²) < 4.78 is 11.2. The Kier molecular flexibility index (Phi) is 3.82. The molecule has 1 aromatic heterocycles. The molecule has 1 N–H and O–H groups in total. The first-order chi connectivity index (χ1) is 13.0. The van der Waals surface area contributed by atoms with Gasteiger partial charge in [-0.1, -0.05) is 0 Å². The van der Waals surface area contributed by atoms with Crippen molar-refractivity contribution in [2.24, 2.45) is 23.2 Å². The van der Waals surface area contributed by atoms with Gasteiger partial charge in [-0.05, 0) is 93.7 Å². The van der Waals surface area contributed by atoms with E-state index < -0.39 is 0 Å². The van der Waals surface area contributed by atoms with E-state index in [-0.39, 0.29) is 11.9 Å². The fourth-order valence-electron chi connectivity index (χ4n) is 6.67. The Hall–Kier alpha value is -1.97. The largest absolute Gasteiger partial charge is 0.497 e. The number of ether oxygens (including phenoxy) is 1. The number of nitrogens with one attached hydrogen (secondary N) is 1. The van der Waals surface area contributed by atoms with Crippen LogP contribution >= 0.6 is 0 Å². The average Bonchev–Trinajstić information content (AvgIpc) is 2.97. The number of carbonyl (C=O) groups excluding carboxylic acids is 1. The van der Waals surface area contributed by atoms with Gasteiger partial charge in [-0.3, -0.25) is 4.79 Å². The fraction of sp³-hybridized carbons (Fsp3) is 0.609. The van der Waals surface area contributed by atoms with Crippen LogP contribution in [0.4, 0.5) is 0 Å². The first-order valence-electron chi connectivity index (χ1n) is 10.4. The molecule has 2 aromatic rings. The molecule has 4 heteroatoms. The summed E-state index contributed by atoms with van der Waals surface area (Å²) in [6, 6.07) is 5.87. The minimum Gasteiger partial charge on any atom is -0.497 e. The van der Waals surface area contributed by atoms with Crippen LogP contribution in [0.2, 0.25) is 0 Å². The topological polar surface area (TPSA) is 51.5 Å². The molecule has 1 aromatic carbocycles. The molecular weight excluding hydrogens is 338 g/mol. The van der Waals surface area contributed by atoms with Gasteiger partial charge in [0.25, 0.3) is 5.91 Å². The number of hydrogen-bond donors (Lipinski definition) is 1. The van der Waals surface area contributed by atoms with Crippen molar-refractivity contribution >= 4 is 16.9 Å². The van der Waals surface area contributed by atoms with Crippen molar-refractivity contribution in [3.8, 4) is 5.75 Å². The van der Waals surface area contributed by atoms with Crippen LogP contribution in [0.1, 0.15) is 61.6 Å². The Morgan fingerprint density at radius 3 is 2.41 bits per heavy atom. The van der Waals surface area contributed by atoms with Crippen molar-refractivity contribution in [3.63, 3.8) is 0 Å². The zero-order valence-corrected chi connectivity index (χ0v) is 16.5. The summed E-state index contributed by atoms with van der Waals surface area (Å²) in [4.78, 5) is 13.1. The quantitative estimate of drug-likeness (QED) is 0.819. The first kappa shape index (κ1) is 17.2. The molecule has 0 unspecified atom stereocenters. The molecule has 27 heavy (non-hydrogen) atoms. The van der Waals surface area contributed by atoms with Gasteiger partial charge >= 0.3 is 0 Å². The fourth-order valence-corrected chi connectivity index (χ4v) is 6.67. The predicted octanol–water partition coefficient (Wildman–Crippen LogP) is 5.08. The van der Waals surface area contributed by atoms with Crippen LogP contribution in [-0.2, 0) is 0 Å². The van der Waals surface area contributed by atoms with E-state index in [9.17, 15) is 4.79 Å². The molecule has 4 fully saturated rings. The van der Waals surface area contributed by atoms with Crippen molar-refractivity contribution in [2.45, 2.75) is 58.4 Å². The van der Waals surface area contributed by atoms with Crippen molar-refractivity contribution in [2.75, 3.05) is 7.11 Å². The van der Waals surface area contributed by atoms with E-state index in [1.54, 1.807) is 7.11 Å². The number of carbonyl (C=O) groups is 1. The van der Waals surface area contributed by atoms with Gasteiger partial charge < -0.3 is 14.5 Å². The number of methoxy groups -OCH3 is 1. The highest BCUT2D eigenvalue weighted by Gasteiger charge is 2.53. The lowest BCUT2D eigenvalue weighted by Crippen LogP contribution is -2.55. The van der Waals surface area contributed by atoms with Crippen molar-refractivity contribution < 1.29 is 13.9 Å². The zero-order chi connectivity index (χ0) is 18.8. The number of hydrogen-bond acceptors (Lipinski definition) is 3. The molecule has 4 saturated carbocycles. The average molecular weight is 367 g/mol. The smallest absolute Gasteiger partial charge is 0.287 e. The minimum absolute atomic E-state index is 0.0779. The number of benzene rings is 1. The van der Waals surface area contributed by atoms with Crippen molar-refractivity contribution in [3.05, 3.63) is 29.5 Å². The van der Waals surface area contributed by atoms with Crippen LogP contribution in [0, 0.1) is 30.1 Å². The molecular formula is C23H29NO3. The molecule has 4 aliphatic rings. The second kappa shape index (κ2) is 6.02. The van der Waals surface area contributed by atoms with E-state index in [0.29, 0.717) is 11.2 Å². The maximum Gasteiger partial charge on any atom is 0.287 e. The Morgan fingerprint density at radius 1 is 1.19 bits per heavy atom. The van der Waals surface area contributed by atoms with Crippen LogP contribution in [0.5, 0.6) is 5.75 Å². The molecule has 0 saturated heterocycles. The van der Waals surface area contributed by atoms with Crippen LogP contribution < -0.4 is 10.1 Å². The summed E-state index contributed by atoms with van der Waals surface area (Å²) in [5.41, 5.74) is 1.92. The minimum atomic E-state index is -0.0779. The Labute approximate surface area is 160 Å². The summed E-state index contributed by atoms with van der Waals surface area (Å²) in [5, 5.41) is 4.27. The molecule has 4 nitrogen and oxygen atoms in total. The molecule has 1 amide bonds. The van der Waals surface area contributed by atoms with Crippen LogP contribution in [0.3, 0.4) is 0 Å². The number of furan rings is 1. The first-order valence-corrected chi connectivity index (χ1v) is 10.4. The third-order valence-corrected chi connectivity index (χ3v) is 7.70. The van der Waals surface area contributed by atoms with E-state index in [1.165, 1.54) is 38.5 Å². The number of aryl methyl sites for hydroxylation is 1. The highest BCUT2D eigenvalue weighted by Crippen LogP contribution is 2.61. The highest BCUT2D eigenvalue weighted by molar-refractivity contribution is 5.99. The maximum absolute atomic E-state index is 13.1. The van der Waals surface area contributed by atoms with Gasteiger partial charge in [0.2, 0.25) is 0 Å². The monoisotopic (exact) mass is 367 g/mol. The lowest BCUT2D eigenvalue weighted by Gasteiger charge is -2.59. The number of amides is 1. The molecule has 6 rings (SSSR count). The number of fused-ring (bicyclic) bond motifs is 1. The highest BCUT2D eigenvalue weighted by atomic mass is 16.5. The Bertz CT molecular complexity index is 861. The second-order valence-corrected chi connectivity index (χ2v) is 9.39. The van der Waals surface area contributed by atoms with Crippen LogP contribution in [0.15, 0.2) is 22.6 Å². The van der Waals surface area contributed by atoms with Crippen LogP contribution in [0.25, 0.3) is 11.0 Å². The van der Waals surface area contributed by atoms with Gasteiger partial charge in [0.05, 0.1) is 7.11 Å². The third-order valence-electron chi connectivity index (χ3n) is 7.70. The molecule has 1 heterocycles. The summed E-state index contributed by atoms with van der Waals surface area (Å²) in [6.45, 7) is 4.17. The standard InChI is InChI=1S/C23H29NO3/c1-13-19-9-18(26-3)4-5-20(19)27-21(13)22(25)24-14(2)23-10-15-6-16(11-23)8-17(7-15)12-23/h4-5,9,14-17H,6-8,10-12H2,1-3H3,(H,24,25)/t14-,15?,16?,17?,23?/m1/s1. The van der Waals surface area contributed by atoms with Gasteiger partial charge in [-0.15, -0.1) is 0 Å². The SMILES string of the molecule is COc1ccc2oc(C(=O)N[C@H](C)C34CC5CC(CC(C5)C3)C4)c(C)c2c1. The normalized spacial score (nSPS) is 32.6. The molecule has 0 aliphatic heterocycles. The summed E-state index contributed by atoms with van der Waals surface area (Å²) in [6.07, 6.45) is 8.13. The number of rotatable bonds is 4. The van der Waals surface area contributed by atoms with Gasteiger partial charge in [-0.25, -0.2) is 0 Å². The van der Waals surface area contributed by atoms with Crippen molar-refractivity contribution in [1.29, 1.82) is 0 Å². The summed E-state index contributed by atoms with van der Waals surface area (Å²) in [5.74, 6) is 3.80. The summed E-state index contributed by atoms with van der Waals surface area (Å²) in [7, 11) is 1.65. The Balaban J connectivity index is 1.39. The lowest BCUT2D eigenvalue weighted by atomic mass is 9.48. The van der Waals surface area contributed by atoms with Gasteiger partial charge in [-0.2, -0.15) is 0 Å². The molecule has 1 atom stereocenters. The van der Waals surface area contributed by atoms with E-state index in [0.717, 1.165) is 40.0 Å². The zero-order valence-electron chi connectivity index (χ0n) is 16.5. The second-order valence-electron chi connectivity index (χ2n) is 9.39. The van der Waals surface area contributed by atoms with E-state index in [1.807, 2.05) is 25.1 Å². The molecule has 144 valence electrons. The lowest BCUT2D eigenvalue weighted by molar-refractivity contribution is -0.0688. The Morgan fingerprint density at radius 2 is 1.81 bits per heavy atom. The molecule has 0 radical (unpaired) electrons. The van der Waals surface area contributed by atoms with Crippen LogP contribution in [-0.4, -0.2) is 19.1 Å². The molecule has 0 spiro atoms. The predicted molar refractivity (Wildman–Crippen MR) is 105 cm³/mol. The third kappa shape index (κ3) is 2.67. The maximum atomic E-state index is 13.1. The molecule has 4 aliphatic carbocycles. The van der Waals surface area contributed by atoms with Gasteiger partial charge in [0.1, 0.15) is 11.3 Å². The van der Waals surface area contributed by atoms with Gasteiger partial charge in [0.15, 0.2) is 5.76 Å². The van der Waals surface area contributed by atoms with Gasteiger partial charge in [0, 0.05) is 17.0 Å². The van der Waals surface area contributed by atoms with E-state index in [4.69, 9.17) is 9.15 Å². The van der Waals surface area contributed by atoms with E-state index >= 15 is 0 Å².